The van der Waals surface area contributed by atoms with Crippen molar-refractivity contribution in [3.05, 3.63) is 53.2 Å². The number of halogens is 1. The predicted octanol–water partition coefficient (Wildman–Crippen LogP) is 2.86. The summed E-state index contributed by atoms with van der Waals surface area (Å²) in [5.41, 5.74) is 8.63. The van der Waals surface area contributed by atoms with Gasteiger partial charge in [0.1, 0.15) is 0 Å². The quantitative estimate of drug-likeness (QED) is 0.842. The fraction of sp³-hybridized carbons (Fsp3) is 0.0833. The van der Waals surface area contributed by atoms with Gasteiger partial charge in [0.05, 0.1) is 5.69 Å². The minimum atomic E-state index is 0.489. The first-order valence-electron chi connectivity index (χ1n) is 4.71. The molecule has 0 bridgehead atoms. The highest BCUT2D eigenvalue weighted by molar-refractivity contribution is 6.30. The van der Waals surface area contributed by atoms with Crippen LogP contribution < -0.4 is 5.73 Å². The zero-order chi connectivity index (χ0) is 10.7. The maximum absolute atomic E-state index is 5.96. The van der Waals surface area contributed by atoms with Crippen LogP contribution in [0.15, 0.2) is 42.6 Å². The van der Waals surface area contributed by atoms with Crippen molar-refractivity contribution in [3.8, 4) is 11.3 Å². The third-order valence-corrected chi connectivity index (χ3v) is 2.47. The van der Waals surface area contributed by atoms with E-state index in [-0.39, 0.29) is 0 Å². The molecule has 1 heterocycles. The normalized spacial score (nSPS) is 10.3. The lowest BCUT2D eigenvalue weighted by atomic mass is 10.0. The Labute approximate surface area is 93.7 Å². The molecule has 3 heteroatoms. The molecule has 2 nitrogen and oxygen atoms in total. The van der Waals surface area contributed by atoms with Crippen LogP contribution in [0.1, 0.15) is 5.56 Å². The van der Waals surface area contributed by atoms with E-state index in [4.69, 9.17) is 17.3 Å². The van der Waals surface area contributed by atoms with Gasteiger partial charge in [-0.1, -0.05) is 23.7 Å². The molecule has 76 valence electrons. The molecule has 0 aliphatic rings. The van der Waals surface area contributed by atoms with Crippen molar-refractivity contribution in [2.75, 3.05) is 0 Å². The second-order valence-electron chi connectivity index (χ2n) is 3.22. The summed E-state index contributed by atoms with van der Waals surface area (Å²) in [5, 5.41) is 0.702. The van der Waals surface area contributed by atoms with Crippen LogP contribution in [-0.2, 0) is 6.54 Å². The standard InChI is InChI=1S/C12H11ClN2/c13-10-5-4-9(8-14)11(7-10)12-3-1-2-6-15-12/h1-7H,8,14H2. The van der Waals surface area contributed by atoms with Crippen LogP contribution in [0, 0.1) is 0 Å². The molecule has 0 fully saturated rings. The number of rotatable bonds is 2. The van der Waals surface area contributed by atoms with Crippen molar-refractivity contribution in [1.29, 1.82) is 0 Å². The van der Waals surface area contributed by atoms with Crippen LogP contribution in [-0.4, -0.2) is 4.98 Å². The third kappa shape index (κ3) is 2.17. The molecule has 0 spiro atoms. The lowest BCUT2D eigenvalue weighted by Gasteiger charge is -2.07. The fourth-order valence-electron chi connectivity index (χ4n) is 1.49. The van der Waals surface area contributed by atoms with E-state index in [1.165, 1.54) is 0 Å². The number of benzene rings is 1. The average Bonchev–Trinajstić information content (AvgIpc) is 2.30. The first-order chi connectivity index (χ1) is 7.31. The fourth-order valence-corrected chi connectivity index (χ4v) is 1.66. The molecule has 0 radical (unpaired) electrons. The zero-order valence-electron chi connectivity index (χ0n) is 8.15. The van der Waals surface area contributed by atoms with Crippen molar-refractivity contribution < 1.29 is 0 Å². The first kappa shape index (κ1) is 10.1. The van der Waals surface area contributed by atoms with Crippen LogP contribution in [0.3, 0.4) is 0 Å². The van der Waals surface area contributed by atoms with E-state index in [1.54, 1.807) is 6.20 Å². The van der Waals surface area contributed by atoms with Crippen molar-refractivity contribution >= 4 is 11.6 Å². The number of aromatic nitrogens is 1. The highest BCUT2D eigenvalue weighted by Crippen LogP contribution is 2.24. The van der Waals surface area contributed by atoms with Crippen LogP contribution in [0.4, 0.5) is 0 Å². The molecule has 0 aliphatic heterocycles. The Morgan fingerprint density at radius 2 is 2.07 bits per heavy atom. The van der Waals surface area contributed by atoms with Gasteiger partial charge in [-0.3, -0.25) is 4.98 Å². The van der Waals surface area contributed by atoms with E-state index >= 15 is 0 Å². The maximum Gasteiger partial charge on any atom is 0.0705 e. The van der Waals surface area contributed by atoms with Gasteiger partial charge in [0.2, 0.25) is 0 Å². The summed E-state index contributed by atoms with van der Waals surface area (Å²) >= 11 is 5.96. The Morgan fingerprint density at radius 3 is 2.73 bits per heavy atom. The molecule has 2 N–H and O–H groups in total. The van der Waals surface area contributed by atoms with Gasteiger partial charge >= 0.3 is 0 Å². The number of hydrogen-bond donors (Lipinski definition) is 1. The lowest BCUT2D eigenvalue weighted by molar-refractivity contribution is 1.07. The summed E-state index contributed by atoms with van der Waals surface area (Å²) in [4.78, 5) is 4.28. The minimum Gasteiger partial charge on any atom is -0.326 e. The van der Waals surface area contributed by atoms with Crippen molar-refractivity contribution in [2.24, 2.45) is 5.73 Å². The van der Waals surface area contributed by atoms with Gasteiger partial charge in [-0.25, -0.2) is 0 Å². The molecule has 2 aromatic rings. The Kier molecular flexibility index (Phi) is 2.99. The van der Waals surface area contributed by atoms with Gasteiger partial charge in [0.25, 0.3) is 0 Å². The first-order valence-corrected chi connectivity index (χ1v) is 5.09. The SMILES string of the molecule is NCc1ccc(Cl)cc1-c1ccccn1. The highest BCUT2D eigenvalue weighted by Gasteiger charge is 2.05. The molecule has 1 aromatic heterocycles. The van der Waals surface area contributed by atoms with Crippen molar-refractivity contribution in [2.45, 2.75) is 6.54 Å². The van der Waals surface area contributed by atoms with Gasteiger partial charge in [-0.2, -0.15) is 0 Å². The smallest absolute Gasteiger partial charge is 0.0705 e. The van der Waals surface area contributed by atoms with Crippen LogP contribution in [0.2, 0.25) is 5.02 Å². The summed E-state index contributed by atoms with van der Waals surface area (Å²) < 4.78 is 0. The number of nitrogens with two attached hydrogens (primary N) is 1. The molecule has 0 aliphatic carbocycles. The molecule has 15 heavy (non-hydrogen) atoms. The van der Waals surface area contributed by atoms with Gasteiger partial charge in [-0.05, 0) is 29.8 Å². The topological polar surface area (TPSA) is 38.9 Å². The molecule has 0 saturated carbocycles. The van der Waals surface area contributed by atoms with E-state index in [1.807, 2.05) is 36.4 Å². The zero-order valence-corrected chi connectivity index (χ0v) is 8.91. The summed E-state index contributed by atoms with van der Waals surface area (Å²) in [6.07, 6.45) is 1.76. The van der Waals surface area contributed by atoms with Gasteiger partial charge < -0.3 is 5.73 Å². The summed E-state index contributed by atoms with van der Waals surface area (Å²) in [6, 6.07) is 11.5. The van der Waals surface area contributed by atoms with Crippen molar-refractivity contribution in [1.82, 2.24) is 4.98 Å². The van der Waals surface area contributed by atoms with E-state index in [2.05, 4.69) is 4.98 Å². The number of nitrogens with zero attached hydrogens (tertiary/aromatic N) is 1. The second kappa shape index (κ2) is 4.43. The molecule has 1 aromatic carbocycles. The molecule has 0 amide bonds. The molecule has 0 unspecified atom stereocenters. The van der Waals surface area contributed by atoms with E-state index in [0.717, 1.165) is 16.8 Å². The van der Waals surface area contributed by atoms with Gasteiger partial charge in [-0.15, -0.1) is 0 Å². The maximum atomic E-state index is 5.96. The predicted molar refractivity (Wildman–Crippen MR) is 62.6 cm³/mol. The van der Waals surface area contributed by atoms with E-state index < -0.39 is 0 Å². The minimum absolute atomic E-state index is 0.489. The summed E-state index contributed by atoms with van der Waals surface area (Å²) in [6.45, 7) is 0.489. The Morgan fingerprint density at radius 1 is 1.20 bits per heavy atom. The third-order valence-electron chi connectivity index (χ3n) is 2.23. The number of pyridine rings is 1. The van der Waals surface area contributed by atoms with Gasteiger partial charge in [0.15, 0.2) is 0 Å². The van der Waals surface area contributed by atoms with Crippen LogP contribution in [0.5, 0.6) is 0 Å². The molecular weight excluding hydrogens is 208 g/mol. The monoisotopic (exact) mass is 218 g/mol. The highest BCUT2D eigenvalue weighted by atomic mass is 35.5. The van der Waals surface area contributed by atoms with E-state index in [0.29, 0.717) is 11.6 Å². The van der Waals surface area contributed by atoms with Crippen molar-refractivity contribution in [3.63, 3.8) is 0 Å². The summed E-state index contributed by atoms with van der Waals surface area (Å²) in [7, 11) is 0. The van der Waals surface area contributed by atoms with Gasteiger partial charge in [0, 0.05) is 23.3 Å². The largest absolute Gasteiger partial charge is 0.326 e. The van der Waals surface area contributed by atoms with Crippen LogP contribution >= 0.6 is 11.6 Å². The van der Waals surface area contributed by atoms with Crippen LogP contribution in [0.25, 0.3) is 11.3 Å². The Bertz CT molecular complexity index is 454. The molecule has 0 atom stereocenters. The average molecular weight is 219 g/mol. The Hall–Kier alpha value is -1.38. The second-order valence-corrected chi connectivity index (χ2v) is 3.66. The molecular formula is C12H11ClN2. The molecule has 2 rings (SSSR count). The molecule has 0 saturated heterocycles. The lowest BCUT2D eigenvalue weighted by Crippen LogP contribution is -1.99. The number of hydrogen-bond acceptors (Lipinski definition) is 2. The van der Waals surface area contributed by atoms with E-state index in [9.17, 15) is 0 Å². The summed E-state index contributed by atoms with van der Waals surface area (Å²) in [5.74, 6) is 0. The Balaban J connectivity index is 2.56.